The average molecular weight is 639 g/mol. The van der Waals surface area contributed by atoms with Gasteiger partial charge in [0.25, 0.3) is 0 Å². The van der Waals surface area contributed by atoms with E-state index in [9.17, 15) is 9.90 Å². The minimum absolute atomic E-state index is 0.244. The van der Waals surface area contributed by atoms with Gasteiger partial charge >= 0.3 is 5.97 Å². The van der Waals surface area contributed by atoms with E-state index >= 15 is 0 Å². The van der Waals surface area contributed by atoms with E-state index in [1.807, 2.05) is 52.8 Å². The summed E-state index contributed by atoms with van der Waals surface area (Å²) in [7, 11) is 0. The summed E-state index contributed by atoms with van der Waals surface area (Å²) in [5.41, 5.74) is 8.43. The highest BCUT2D eigenvalue weighted by molar-refractivity contribution is 6.35. The molecule has 0 spiro atoms. The largest absolute Gasteiger partial charge is 0.479 e. The van der Waals surface area contributed by atoms with Crippen molar-refractivity contribution in [2.24, 2.45) is 5.41 Å². The molecule has 3 heterocycles. The van der Waals surface area contributed by atoms with E-state index in [1.165, 1.54) is 11.1 Å². The van der Waals surface area contributed by atoms with Crippen molar-refractivity contribution < 1.29 is 14.6 Å². The molecule has 44 heavy (non-hydrogen) atoms. The van der Waals surface area contributed by atoms with Gasteiger partial charge in [0.05, 0.1) is 11.3 Å². The lowest BCUT2D eigenvalue weighted by Crippen LogP contribution is -2.39. The second-order valence-electron chi connectivity index (χ2n) is 14.2. The monoisotopic (exact) mass is 637 g/mol. The van der Waals surface area contributed by atoms with Crippen LogP contribution in [0.15, 0.2) is 36.4 Å². The summed E-state index contributed by atoms with van der Waals surface area (Å²) < 4.78 is 6.25. The molecule has 1 fully saturated rings. The highest BCUT2D eigenvalue weighted by Gasteiger charge is 2.36. The maximum absolute atomic E-state index is 12.8. The highest BCUT2D eigenvalue weighted by Crippen LogP contribution is 2.45. The number of aliphatic carboxylic acids is 1. The quantitative estimate of drug-likeness (QED) is 0.279. The molecular weight excluding hydrogens is 593 g/mol. The van der Waals surface area contributed by atoms with Crippen molar-refractivity contribution >= 4 is 34.9 Å². The molecule has 2 aliphatic heterocycles. The summed E-state index contributed by atoms with van der Waals surface area (Å²) in [5.74, 6) is -0.998. The van der Waals surface area contributed by atoms with Crippen LogP contribution in [0.5, 0.6) is 0 Å². The summed E-state index contributed by atoms with van der Waals surface area (Å²) in [6.07, 6.45) is 1.82. The van der Waals surface area contributed by atoms with E-state index in [4.69, 9.17) is 32.9 Å². The van der Waals surface area contributed by atoms with E-state index in [1.54, 1.807) is 0 Å². The van der Waals surface area contributed by atoms with Crippen LogP contribution >= 0.6 is 23.2 Å². The van der Waals surface area contributed by atoms with Crippen LogP contribution < -0.4 is 4.90 Å². The number of hydrogen-bond donors (Lipinski definition) is 1. The second-order valence-corrected chi connectivity index (χ2v) is 15.0. The van der Waals surface area contributed by atoms with Crippen molar-refractivity contribution in [3.05, 3.63) is 80.1 Å². The number of rotatable bonds is 7. The van der Waals surface area contributed by atoms with E-state index in [2.05, 4.69) is 41.8 Å². The number of carboxylic acid groups (broad SMARTS) is 1. The molecule has 0 radical (unpaired) electrons. The second kappa shape index (κ2) is 12.6. The first kappa shape index (κ1) is 32.7. The number of anilines is 1. The van der Waals surface area contributed by atoms with Crippen LogP contribution in [0.4, 0.5) is 5.69 Å². The van der Waals surface area contributed by atoms with Crippen molar-refractivity contribution in [3.8, 4) is 11.1 Å². The Balaban J connectivity index is 1.57. The molecule has 2 aromatic carbocycles. The van der Waals surface area contributed by atoms with Crippen LogP contribution in [-0.2, 0) is 29.0 Å². The smallest absolute Gasteiger partial charge is 0.337 e. The Morgan fingerprint density at radius 3 is 2.30 bits per heavy atom. The van der Waals surface area contributed by atoms with Gasteiger partial charge in [-0.05, 0) is 88.1 Å². The zero-order valence-corrected chi connectivity index (χ0v) is 28.6. The van der Waals surface area contributed by atoms with Crippen molar-refractivity contribution in [2.45, 2.75) is 92.5 Å². The predicted octanol–water partition coefficient (Wildman–Crippen LogP) is 8.80. The molecule has 1 saturated heterocycles. The molecule has 0 amide bonds. The average Bonchev–Trinajstić information content (AvgIpc) is 2.93. The van der Waals surface area contributed by atoms with Crippen LogP contribution in [0.3, 0.4) is 0 Å². The fraction of sp³-hybridized carbons (Fsp3) is 0.500. The van der Waals surface area contributed by atoms with E-state index < -0.39 is 17.7 Å². The molecule has 5 rings (SSSR count). The molecule has 6 nitrogen and oxygen atoms in total. The molecule has 0 aliphatic carbocycles. The van der Waals surface area contributed by atoms with Gasteiger partial charge in [0.1, 0.15) is 0 Å². The Morgan fingerprint density at radius 2 is 1.68 bits per heavy atom. The maximum atomic E-state index is 12.8. The topological polar surface area (TPSA) is 65.9 Å². The Morgan fingerprint density at radius 1 is 1.02 bits per heavy atom. The van der Waals surface area contributed by atoms with Crippen molar-refractivity contribution in [1.82, 2.24) is 9.88 Å². The number of ether oxygens (including phenoxy) is 1. The van der Waals surface area contributed by atoms with Gasteiger partial charge < -0.3 is 14.7 Å². The minimum Gasteiger partial charge on any atom is -0.479 e. The van der Waals surface area contributed by atoms with Gasteiger partial charge in [-0.1, -0.05) is 61.3 Å². The van der Waals surface area contributed by atoms with Crippen LogP contribution in [0.2, 0.25) is 10.0 Å². The lowest BCUT2D eigenvalue weighted by atomic mass is 9.81. The molecule has 3 aromatic rings. The van der Waals surface area contributed by atoms with Gasteiger partial charge in [-0.2, -0.15) is 0 Å². The molecule has 0 saturated carbocycles. The number of piperidine rings is 1. The standard InChI is InChI=1S/C36H45Cl2N3O3/c1-22-30(25-11-12-26-20-40(16-13-24(26)19-25)21-27-28(37)9-8-10-29(27)38)32(41-17-14-36(6,7)15-18-41)31(23(2)39-22)33(34(42)43)44-35(3,4)5/h8-12,19,33H,13-18,20-21H2,1-7H3,(H,42,43)/t33-/m0/s1. The summed E-state index contributed by atoms with van der Waals surface area (Å²) in [6.45, 7) is 18.4. The number of halogens is 2. The molecule has 1 N–H and O–H groups in total. The van der Waals surface area contributed by atoms with Crippen LogP contribution in [0.25, 0.3) is 11.1 Å². The van der Waals surface area contributed by atoms with Gasteiger partial charge in [0.15, 0.2) is 6.10 Å². The molecule has 0 bridgehead atoms. The van der Waals surface area contributed by atoms with Crippen LogP contribution in [-0.4, -0.2) is 46.2 Å². The molecule has 1 aromatic heterocycles. The fourth-order valence-corrected chi connectivity index (χ4v) is 7.08. The summed E-state index contributed by atoms with van der Waals surface area (Å²) in [5, 5.41) is 11.9. The van der Waals surface area contributed by atoms with E-state index in [-0.39, 0.29) is 5.41 Å². The number of aryl methyl sites for hydroxylation is 2. The summed E-state index contributed by atoms with van der Waals surface area (Å²) in [4.78, 5) is 22.5. The summed E-state index contributed by atoms with van der Waals surface area (Å²) >= 11 is 13.0. The Hall–Kier alpha value is -2.64. The Kier molecular flexibility index (Phi) is 9.40. The molecule has 8 heteroatoms. The number of benzene rings is 2. The molecule has 1 atom stereocenters. The molecule has 236 valence electrons. The van der Waals surface area contributed by atoms with Crippen molar-refractivity contribution in [1.29, 1.82) is 0 Å². The maximum Gasteiger partial charge on any atom is 0.337 e. The van der Waals surface area contributed by atoms with Crippen molar-refractivity contribution in [2.75, 3.05) is 24.5 Å². The number of hydrogen-bond acceptors (Lipinski definition) is 5. The number of carboxylic acids is 1. The number of pyridine rings is 1. The predicted molar refractivity (Wildman–Crippen MR) is 180 cm³/mol. The zero-order chi connectivity index (χ0) is 32.0. The van der Waals surface area contributed by atoms with Gasteiger partial charge in [0, 0.05) is 70.8 Å². The number of nitrogens with zero attached hydrogens (tertiary/aromatic N) is 3. The van der Waals surface area contributed by atoms with Gasteiger partial charge in [0.2, 0.25) is 0 Å². The van der Waals surface area contributed by atoms with Crippen LogP contribution in [0.1, 0.15) is 87.2 Å². The Labute approximate surface area is 272 Å². The van der Waals surface area contributed by atoms with Gasteiger partial charge in [-0.3, -0.25) is 9.88 Å². The number of fused-ring (bicyclic) bond motifs is 1. The lowest BCUT2D eigenvalue weighted by molar-refractivity contribution is -0.160. The zero-order valence-electron chi connectivity index (χ0n) is 27.1. The minimum atomic E-state index is -1.13. The third-order valence-corrected chi connectivity index (χ3v) is 9.71. The first-order valence-electron chi connectivity index (χ1n) is 15.6. The lowest BCUT2D eigenvalue weighted by Gasteiger charge is -2.41. The van der Waals surface area contributed by atoms with Gasteiger partial charge in [-0.25, -0.2) is 4.79 Å². The van der Waals surface area contributed by atoms with Crippen molar-refractivity contribution in [3.63, 3.8) is 0 Å². The normalized spacial score (nSPS) is 17.8. The first-order chi connectivity index (χ1) is 20.6. The third kappa shape index (κ3) is 7.09. The fourth-order valence-electron chi connectivity index (χ4n) is 6.56. The van der Waals surface area contributed by atoms with E-state index in [0.717, 1.165) is 73.5 Å². The molecular formula is C36H45Cl2N3O3. The van der Waals surface area contributed by atoms with Crippen LogP contribution in [0, 0.1) is 19.3 Å². The Bertz CT molecular complexity index is 1530. The van der Waals surface area contributed by atoms with Gasteiger partial charge in [-0.15, -0.1) is 0 Å². The summed E-state index contributed by atoms with van der Waals surface area (Å²) in [6, 6.07) is 12.3. The number of aromatic nitrogens is 1. The van der Waals surface area contributed by atoms with E-state index in [0.29, 0.717) is 27.8 Å². The highest BCUT2D eigenvalue weighted by atomic mass is 35.5. The first-order valence-corrected chi connectivity index (χ1v) is 16.3. The molecule has 0 unspecified atom stereocenters. The molecule has 2 aliphatic rings. The number of carbonyl (C=O) groups is 1. The SMILES string of the molecule is Cc1nc(C)c([C@H](OC(C)(C)C)C(=O)O)c(N2CCC(C)(C)CC2)c1-c1ccc2c(c1)CCN(Cc1c(Cl)cccc1Cl)C2. The third-order valence-electron chi connectivity index (χ3n) is 9.00.